The number of aryl methyl sites for hydroxylation is 2. The van der Waals surface area contributed by atoms with Gasteiger partial charge in [0.25, 0.3) is 0 Å². The normalized spacial score (nSPS) is 15.8. The molecule has 0 radical (unpaired) electrons. The van der Waals surface area contributed by atoms with Crippen molar-refractivity contribution in [2.45, 2.75) is 25.9 Å². The first-order valence-electron chi connectivity index (χ1n) is 6.30. The zero-order valence-corrected chi connectivity index (χ0v) is 11.5. The highest BCUT2D eigenvalue weighted by Crippen LogP contribution is 2.36. The van der Waals surface area contributed by atoms with Crippen molar-refractivity contribution < 1.29 is 9.90 Å². The van der Waals surface area contributed by atoms with Gasteiger partial charge < -0.3 is 10.4 Å². The van der Waals surface area contributed by atoms with E-state index in [1.807, 2.05) is 30.5 Å². The average Bonchev–Trinajstić information content (AvgIpc) is 2.91. The first-order chi connectivity index (χ1) is 9.15. The molecule has 3 nitrogen and oxygen atoms in total. The second-order valence-corrected chi connectivity index (χ2v) is 5.83. The SMILES string of the molecule is Cc1cc2c(c(C(O)c3cccs3)c1)NC(=O)CC2. The predicted octanol–water partition coefficient (Wildman–Crippen LogP) is 3.02. The van der Waals surface area contributed by atoms with Gasteiger partial charge in [0, 0.05) is 16.9 Å². The van der Waals surface area contributed by atoms with Crippen molar-refractivity contribution in [2.75, 3.05) is 5.32 Å². The van der Waals surface area contributed by atoms with E-state index in [2.05, 4.69) is 11.4 Å². The fourth-order valence-electron chi connectivity index (χ4n) is 2.51. The molecular formula is C15H15NO2S. The number of carbonyl (C=O) groups is 1. The van der Waals surface area contributed by atoms with Crippen LogP contribution in [-0.4, -0.2) is 11.0 Å². The minimum absolute atomic E-state index is 0.0241. The highest BCUT2D eigenvalue weighted by atomic mass is 32.1. The van der Waals surface area contributed by atoms with E-state index in [-0.39, 0.29) is 5.91 Å². The average molecular weight is 273 g/mol. The van der Waals surface area contributed by atoms with Crippen molar-refractivity contribution in [3.8, 4) is 0 Å². The van der Waals surface area contributed by atoms with E-state index in [4.69, 9.17) is 0 Å². The van der Waals surface area contributed by atoms with E-state index in [0.29, 0.717) is 6.42 Å². The van der Waals surface area contributed by atoms with Crippen LogP contribution in [0, 0.1) is 6.92 Å². The van der Waals surface area contributed by atoms with Gasteiger partial charge in [0.15, 0.2) is 0 Å². The number of hydrogen-bond acceptors (Lipinski definition) is 3. The number of benzene rings is 1. The molecule has 0 saturated carbocycles. The molecule has 0 fully saturated rings. The smallest absolute Gasteiger partial charge is 0.224 e. The van der Waals surface area contributed by atoms with E-state index in [1.54, 1.807) is 0 Å². The van der Waals surface area contributed by atoms with Gasteiger partial charge in [-0.3, -0.25) is 4.79 Å². The minimum atomic E-state index is -0.674. The lowest BCUT2D eigenvalue weighted by atomic mass is 9.93. The Morgan fingerprint density at radius 1 is 1.37 bits per heavy atom. The summed E-state index contributed by atoms with van der Waals surface area (Å²) in [6, 6.07) is 7.87. The highest BCUT2D eigenvalue weighted by molar-refractivity contribution is 7.10. The Bertz CT molecular complexity index is 619. The number of thiophene rings is 1. The number of nitrogens with one attached hydrogen (secondary N) is 1. The van der Waals surface area contributed by atoms with Gasteiger partial charge in [-0.1, -0.05) is 23.8 Å². The molecule has 1 atom stereocenters. The number of aliphatic hydroxyl groups is 1. The maximum Gasteiger partial charge on any atom is 0.224 e. The summed E-state index contributed by atoms with van der Waals surface area (Å²) in [4.78, 5) is 12.5. The van der Waals surface area contributed by atoms with E-state index in [9.17, 15) is 9.90 Å². The fraction of sp³-hybridized carbons (Fsp3) is 0.267. The van der Waals surface area contributed by atoms with Gasteiger partial charge in [0.1, 0.15) is 6.10 Å². The van der Waals surface area contributed by atoms with E-state index >= 15 is 0 Å². The number of aliphatic hydroxyl groups excluding tert-OH is 1. The van der Waals surface area contributed by atoms with E-state index in [1.165, 1.54) is 11.3 Å². The molecule has 2 aromatic rings. The van der Waals surface area contributed by atoms with Crippen LogP contribution in [0.4, 0.5) is 5.69 Å². The molecule has 0 bridgehead atoms. The van der Waals surface area contributed by atoms with Crippen molar-refractivity contribution in [1.82, 2.24) is 0 Å². The quantitative estimate of drug-likeness (QED) is 0.883. The first-order valence-corrected chi connectivity index (χ1v) is 7.18. The molecule has 4 heteroatoms. The molecule has 1 amide bonds. The first kappa shape index (κ1) is 12.4. The number of carbonyl (C=O) groups excluding carboxylic acids is 1. The summed E-state index contributed by atoms with van der Waals surface area (Å²) < 4.78 is 0. The number of amides is 1. The largest absolute Gasteiger partial charge is 0.383 e. The summed E-state index contributed by atoms with van der Waals surface area (Å²) in [7, 11) is 0. The third-order valence-electron chi connectivity index (χ3n) is 3.39. The molecule has 0 aliphatic carbocycles. The van der Waals surface area contributed by atoms with Gasteiger partial charge in [-0.05, 0) is 30.4 Å². The molecule has 0 spiro atoms. The molecule has 0 saturated heterocycles. The van der Waals surface area contributed by atoms with Crippen molar-refractivity contribution in [3.63, 3.8) is 0 Å². The van der Waals surface area contributed by atoms with Crippen molar-refractivity contribution >= 4 is 22.9 Å². The second-order valence-electron chi connectivity index (χ2n) is 4.85. The molecule has 1 unspecified atom stereocenters. The van der Waals surface area contributed by atoms with Gasteiger partial charge in [-0.25, -0.2) is 0 Å². The Labute approximate surface area is 115 Å². The van der Waals surface area contributed by atoms with Crippen LogP contribution in [0.5, 0.6) is 0 Å². The topological polar surface area (TPSA) is 49.3 Å². The molecule has 98 valence electrons. The predicted molar refractivity (Wildman–Crippen MR) is 76.5 cm³/mol. The second kappa shape index (κ2) is 4.79. The lowest BCUT2D eigenvalue weighted by molar-refractivity contribution is -0.116. The van der Waals surface area contributed by atoms with Gasteiger partial charge in [0.2, 0.25) is 5.91 Å². The molecule has 19 heavy (non-hydrogen) atoms. The van der Waals surface area contributed by atoms with Crippen LogP contribution in [0.15, 0.2) is 29.6 Å². The third kappa shape index (κ3) is 2.29. The van der Waals surface area contributed by atoms with Gasteiger partial charge >= 0.3 is 0 Å². The van der Waals surface area contributed by atoms with Crippen LogP contribution < -0.4 is 5.32 Å². The summed E-state index contributed by atoms with van der Waals surface area (Å²) in [6.45, 7) is 2.02. The van der Waals surface area contributed by atoms with Gasteiger partial charge in [-0.2, -0.15) is 0 Å². The van der Waals surface area contributed by atoms with Crippen LogP contribution in [0.3, 0.4) is 0 Å². The minimum Gasteiger partial charge on any atom is -0.383 e. The third-order valence-corrected chi connectivity index (χ3v) is 4.31. The molecule has 1 aliphatic heterocycles. The summed E-state index contributed by atoms with van der Waals surface area (Å²) in [5, 5.41) is 15.4. The van der Waals surface area contributed by atoms with Crippen molar-refractivity contribution in [2.24, 2.45) is 0 Å². The Hall–Kier alpha value is -1.65. The Kier molecular flexibility index (Phi) is 3.12. The molecule has 1 aromatic heterocycles. The Morgan fingerprint density at radius 3 is 2.95 bits per heavy atom. The van der Waals surface area contributed by atoms with E-state index < -0.39 is 6.10 Å². The van der Waals surface area contributed by atoms with Gasteiger partial charge in [-0.15, -0.1) is 11.3 Å². The summed E-state index contributed by atoms with van der Waals surface area (Å²) in [6.07, 6.45) is 0.588. The zero-order chi connectivity index (χ0) is 13.4. The van der Waals surface area contributed by atoms with Crippen LogP contribution in [0.1, 0.15) is 34.1 Å². The standard InChI is InChI=1S/C15H15NO2S/c1-9-7-10-4-5-13(17)16-14(10)11(8-9)15(18)12-3-2-6-19-12/h2-3,6-8,15,18H,4-5H2,1H3,(H,16,17). The van der Waals surface area contributed by atoms with Crippen molar-refractivity contribution in [1.29, 1.82) is 0 Å². The maximum absolute atomic E-state index is 11.6. The fourth-order valence-corrected chi connectivity index (χ4v) is 3.23. The van der Waals surface area contributed by atoms with Crippen molar-refractivity contribution in [3.05, 3.63) is 51.2 Å². The Morgan fingerprint density at radius 2 is 2.21 bits per heavy atom. The molecule has 2 heterocycles. The number of hydrogen-bond donors (Lipinski definition) is 2. The Balaban J connectivity index is 2.10. The number of fused-ring (bicyclic) bond motifs is 1. The maximum atomic E-state index is 11.6. The van der Waals surface area contributed by atoms with E-state index in [0.717, 1.165) is 33.7 Å². The number of anilines is 1. The molecule has 3 rings (SSSR count). The summed E-state index contributed by atoms with van der Waals surface area (Å²) >= 11 is 1.52. The lowest BCUT2D eigenvalue weighted by Gasteiger charge is -2.23. The molecular weight excluding hydrogens is 258 g/mol. The van der Waals surface area contributed by atoms with Crippen LogP contribution in [0.2, 0.25) is 0 Å². The number of rotatable bonds is 2. The monoisotopic (exact) mass is 273 g/mol. The zero-order valence-electron chi connectivity index (χ0n) is 10.6. The summed E-state index contributed by atoms with van der Waals surface area (Å²) in [5.41, 5.74) is 3.82. The van der Waals surface area contributed by atoms with Crippen LogP contribution in [0.25, 0.3) is 0 Å². The van der Waals surface area contributed by atoms with Crippen LogP contribution in [-0.2, 0) is 11.2 Å². The van der Waals surface area contributed by atoms with Crippen LogP contribution >= 0.6 is 11.3 Å². The molecule has 1 aromatic carbocycles. The summed E-state index contributed by atoms with van der Waals surface area (Å²) in [5.74, 6) is 0.0241. The lowest BCUT2D eigenvalue weighted by Crippen LogP contribution is -2.21. The van der Waals surface area contributed by atoms with Gasteiger partial charge in [0.05, 0.1) is 5.69 Å². The molecule has 1 aliphatic rings. The highest BCUT2D eigenvalue weighted by Gasteiger charge is 2.23. The molecule has 2 N–H and O–H groups in total.